The molecular weight excluding hydrogens is 456 g/mol. The smallest absolute Gasteiger partial charge is 0.213 e. The van der Waals surface area contributed by atoms with Gasteiger partial charge in [-0.25, -0.2) is 19.9 Å². The average Bonchev–Trinajstić information content (AvgIpc) is 3.27. The number of methoxy groups -OCH3 is 2. The second-order valence-electron chi connectivity index (χ2n) is 7.39. The number of imidazole rings is 1. The molecule has 4 aromatic rings. The zero-order valence-electron chi connectivity index (χ0n) is 21.2. The lowest BCUT2D eigenvalue weighted by atomic mass is 10.2. The summed E-state index contributed by atoms with van der Waals surface area (Å²) in [6, 6.07) is 11.1. The fraction of sp³-hybridized carbons (Fsp3) is 0.222. The van der Waals surface area contributed by atoms with Gasteiger partial charge < -0.3 is 14.2 Å². The number of hydrogen-bond donors (Lipinski definition) is 0. The van der Waals surface area contributed by atoms with Crippen molar-refractivity contribution in [3.8, 4) is 34.6 Å². The zero-order valence-corrected chi connectivity index (χ0v) is 21.2. The quantitative estimate of drug-likeness (QED) is 0.309. The summed E-state index contributed by atoms with van der Waals surface area (Å²) in [7, 11) is 3.23. The van der Waals surface area contributed by atoms with Crippen molar-refractivity contribution in [3.05, 3.63) is 73.7 Å². The molecule has 0 bridgehead atoms. The molecule has 0 aliphatic heterocycles. The third kappa shape index (κ3) is 5.75. The second kappa shape index (κ2) is 12.3. The van der Waals surface area contributed by atoms with Crippen LogP contribution in [-0.2, 0) is 0 Å². The molecule has 36 heavy (non-hydrogen) atoms. The topological polar surface area (TPSA) is 96.5 Å². The number of nitrogens with zero attached hydrogens (tertiary/aromatic N) is 6. The number of aliphatic imine (C=N–C) groups is 1. The van der Waals surface area contributed by atoms with Crippen molar-refractivity contribution in [1.82, 2.24) is 24.5 Å². The molecule has 0 saturated carbocycles. The lowest BCUT2D eigenvalue weighted by molar-refractivity contribution is 0.327. The molecule has 0 spiro atoms. The highest BCUT2D eigenvalue weighted by molar-refractivity contribution is 5.92. The van der Waals surface area contributed by atoms with Crippen molar-refractivity contribution in [2.45, 2.75) is 20.8 Å². The first-order valence-electron chi connectivity index (χ1n) is 11.3. The Morgan fingerprint density at radius 3 is 2.31 bits per heavy atom. The van der Waals surface area contributed by atoms with Crippen molar-refractivity contribution in [1.29, 1.82) is 0 Å². The summed E-state index contributed by atoms with van der Waals surface area (Å²) in [6.07, 6.45) is 4.87. The van der Waals surface area contributed by atoms with Gasteiger partial charge in [0, 0.05) is 18.0 Å². The van der Waals surface area contributed by atoms with E-state index >= 15 is 0 Å². The normalized spacial score (nSPS) is 10.9. The van der Waals surface area contributed by atoms with Gasteiger partial charge in [-0.3, -0.25) is 9.56 Å². The number of fused-ring (bicyclic) bond motifs is 1. The highest BCUT2D eigenvalue weighted by atomic mass is 16.5. The molecule has 9 nitrogen and oxygen atoms in total. The molecule has 0 aliphatic carbocycles. The molecule has 0 radical (unpaired) electrons. The van der Waals surface area contributed by atoms with E-state index in [0.717, 1.165) is 11.4 Å². The van der Waals surface area contributed by atoms with Crippen LogP contribution in [-0.4, -0.2) is 51.0 Å². The lowest BCUT2D eigenvalue weighted by Gasteiger charge is -2.16. The summed E-state index contributed by atoms with van der Waals surface area (Å²) in [6.45, 7) is 13.1. The predicted molar refractivity (Wildman–Crippen MR) is 142 cm³/mol. The van der Waals surface area contributed by atoms with Gasteiger partial charge in [0.2, 0.25) is 5.88 Å². The number of para-hydroxylation sites is 1. The standard InChI is InChI=1S/C21H21N5O3.C6H9N/c1-5-29-17-11-6-8-14(24-17)20-25-19-21(23-13(2)12-22-19)26(20)18-15(27-3)9-7-10-16(18)28-4;1-4-6(3)7-5-2/h6-12H,5H2,1-4H3;4-5H,1-2H2,3H3. The minimum Gasteiger partial charge on any atom is -0.494 e. The lowest BCUT2D eigenvalue weighted by Crippen LogP contribution is -2.05. The van der Waals surface area contributed by atoms with Gasteiger partial charge in [0.05, 0.1) is 32.7 Å². The Morgan fingerprint density at radius 2 is 1.72 bits per heavy atom. The first-order valence-corrected chi connectivity index (χ1v) is 11.3. The Morgan fingerprint density at radius 1 is 1.03 bits per heavy atom. The Hall–Kier alpha value is -4.53. The van der Waals surface area contributed by atoms with Crippen LogP contribution in [0.3, 0.4) is 0 Å². The van der Waals surface area contributed by atoms with Crippen LogP contribution in [0, 0.1) is 6.92 Å². The maximum absolute atomic E-state index is 5.62. The average molecular weight is 487 g/mol. The fourth-order valence-electron chi connectivity index (χ4n) is 3.34. The second-order valence-corrected chi connectivity index (χ2v) is 7.39. The monoisotopic (exact) mass is 486 g/mol. The summed E-state index contributed by atoms with van der Waals surface area (Å²) in [5.74, 6) is 2.32. The summed E-state index contributed by atoms with van der Waals surface area (Å²) in [4.78, 5) is 22.2. The van der Waals surface area contributed by atoms with Crippen molar-refractivity contribution in [2.24, 2.45) is 4.99 Å². The van der Waals surface area contributed by atoms with Crippen molar-refractivity contribution < 1.29 is 14.2 Å². The van der Waals surface area contributed by atoms with Crippen molar-refractivity contribution in [2.75, 3.05) is 20.8 Å². The summed E-state index contributed by atoms with van der Waals surface area (Å²) in [5, 5.41) is 0. The number of benzene rings is 1. The highest BCUT2D eigenvalue weighted by Crippen LogP contribution is 2.37. The number of allylic oxidation sites excluding steroid dienone is 1. The van der Waals surface area contributed by atoms with Crippen LogP contribution < -0.4 is 14.2 Å². The van der Waals surface area contributed by atoms with Gasteiger partial charge in [0.1, 0.15) is 22.9 Å². The van der Waals surface area contributed by atoms with Gasteiger partial charge in [-0.15, -0.1) is 0 Å². The van der Waals surface area contributed by atoms with Gasteiger partial charge in [-0.1, -0.05) is 25.3 Å². The Bertz CT molecular complexity index is 1370. The minimum atomic E-state index is 0.502. The molecule has 0 fully saturated rings. The third-order valence-corrected chi connectivity index (χ3v) is 4.95. The summed E-state index contributed by atoms with van der Waals surface area (Å²) < 4.78 is 18.7. The fourth-order valence-corrected chi connectivity index (χ4v) is 3.34. The number of ether oxygens (including phenoxy) is 3. The van der Waals surface area contributed by atoms with Crippen LogP contribution in [0.2, 0.25) is 0 Å². The van der Waals surface area contributed by atoms with E-state index in [9.17, 15) is 0 Å². The molecule has 0 atom stereocenters. The van der Waals surface area contributed by atoms with Crippen LogP contribution in [0.4, 0.5) is 0 Å². The SMILES string of the molecule is C=CN=C(C)C=C.CCOc1cccc(-c2nc3ncc(C)nc3n2-c2c(OC)cccc2OC)n1. The Kier molecular flexibility index (Phi) is 8.88. The summed E-state index contributed by atoms with van der Waals surface area (Å²) >= 11 is 0. The largest absolute Gasteiger partial charge is 0.494 e. The van der Waals surface area contributed by atoms with E-state index in [-0.39, 0.29) is 0 Å². The maximum Gasteiger partial charge on any atom is 0.213 e. The van der Waals surface area contributed by atoms with Gasteiger partial charge in [0.25, 0.3) is 0 Å². The van der Waals surface area contributed by atoms with Gasteiger partial charge >= 0.3 is 0 Å². The van der Waals surface area contributed by atoms with Gasteiger partial charge in [0.15, 0.2) is 17.1 Å². The summed E-state index contributed by atoms with van der Waals surface area (Å²) in [5.41, 5.74) is 4.07. The first kappa shape index (κ1) is 26.1. The van der Waals surface area contributed by atoms with Gasteiger partial charge in [-0.2, -0.15) is 0 Å². The molecule has 0 amide bonds. The van der Waals surface area contributed by atoms with Crippen molar-refractivity contribution >= 4 is 17.0 Å². The number of aromatic nitrogens is 5. The number of pyridine rings is 1. The zero-order chi connectivity index (χ0) is 26.1. The van der Waals surface area contributed by atoms with Crippen LogP contribution >= 0.6 is 0 Å². The number of aryl methyl sites for hydroxylation is 1. The molecule has 0 N–H and O–H groups in total. The van der Waals surface area contributed by atoms with E-state index in [1.165, 1.54) is 6.20 Å². The molecule has 1 aromatic carbocycles. The molecule has 186 valence electrons. The van der Waals surface area contributed by atoms with E-state index in [0.29, 0.717) is 52.5 Å². The number of hydrogen-bond acceptors (Lipinski definition) is 8. The van der Waals surface area contributed by atoms with Crippen LogP contribution in [0.5, 0.6) is 17.4 Å². The number of rotatable bonds is 8. The molecule has 4 rings (SSSR count). The Balaban J connectivity index is 0.000000454. The molecule has 0 aliphatic rings. The minimum absolute atomic E-state index is 0.502. The molecule has 3 heterocycles. The molecular formula is C27H30N6O3. The van der Waals surface area contributed by atoms with E-state index in [1.807, 2.05) is 61.7 Å². The van der Waals surface area contributed by atoms with E-state index in [2.05, 4.69) is 33.1 Å². The molecule has 0 unspecified atom stereocenters. The Labute approximate surface area is 210 Å². The molecule has 9 heteroatoms. The van der Waals surface area contributed by atoms with Crippen LogP contribution in [0.25, 0.3) is 28.5 Å². The first-order chi connectivity index (χ1) is 17.5. The molecule has 3 aromatic heterocycles. The molecule has 0 saturated heterocycles. The van der Waals surface area contributed by atoms with E-state index in [1.54, 1.807) is 26.5 Å². The van der Waals surface area contributed by atoms with Crippen LogP contribution in [0.15, 0.2) is 73.0 Å². The van der Waals surface area contributed by atoms with Crippen molar-refractivity contribution in [3.63, 3.8) is 0 Å². The van der Waals surface area contributed by atoms with Gasteiger partial charge in [-0.05, 0) is 45.0 Å². The van der Waals surface area contributed by atoms with E-state index < -0.39 is 0 Å². The van der Waals surface area contributed by atoms with E-state index in [4.69, 9.17) is 19.2 Å². The maximum atomic E-state index is 5.62. The third-order valence-electron chi connectivity index (χ3n) is 4.95. The predicted octanol–water partition coefficient (Wildman–Crippen LogP) is 5.38. The highest BCUT2D eigenvalue weighted by Gasteiger charge is 2.23. The van der Waals surface area contributed by atoms with Crippen LogP contribution in [0.1, 0.15) is 19.5 Å².